The van der Waals surface area contributed by atoms with Crippen molar-refractivity contribution in [2.24, 2.45) is 0 Å². The first-order chi connectivity index (χ1) is 7.15. The van der Waals surface area contributed by atoms with Crippen LogP contribution in [0, 0.1) is 5.82 Å². The largest absolute Gasteiger partial charge is 0.490 e. The van der Waals surface area contributed by atoms with Crippen molar-refractivity contribution < 1.29 is 19.3 Å². The summed E-state index contributed by atoms with van der Waals surface area (Å²) in [6.07, 6.45) is -0.219. The Morgan fingerprint density at radius 2 is 2.20 bits per heavy atom. The van der Waals surface area contributed by atoms with Crippen molar-refractivity contribution in [1.29, 1.82) is 0 Å². The van der Waals surface area contributed by atoms with Crippen LogP contribution in [0.25, 0.3) is 0 Å². The minimum Gasteiger partial charge on any atom is -0.490 e. The van der Waals surface area contributed by atoms with E-state index in [0.717, 1.165) is 0 Å². The van der Waals surface area contributed by atoms with Gasteiger partial charge in [-0.25, -0.2) is 4.39 Å². The van der Waals surface area contributed by atoms with Crippen molar-refractivity contribution in [3.05, 3.63) is 29.6 Å². The van der Waals surface area contributed by atoms with Crippen molar-refractivity contribution in [3.63, 3.8) is 0 Å². The van der Waals surface area contributed by atoms with Gasteiger partial charge in [0.2, 0.25) is 0 Å². The molecule has 0 aliphatic heterocycles. The summed E-state index contributed by atoms with van der Waals surface area (Å²) in [7, 11) is 0. The first kappa shape index (κ1) is 11.9. The third-order valence-electron chi connectivity index (χ3n) is 2.00. The summed E-state index contributed by atoms with van der Waals surface area (Å²) in [5.41, 5.74) is 0.516. The lowest BCUT2D eigenvalue weighted by atomic mass is 10.1. The molecule has 0 radical (unpaired) electrons. The molecule has 1 aromatic rings. The van der Waals surface area contributed by atoms with Crippen LogP contribution < -0.4 is 4.74 Å². The Labute approximate surface area is 88.1 Å². The molecule has 1 rings (SSSR count). The molecule has 3 nitrogen and oxygen atoms in total. The van der Waals surface area contributed by atoms with Crippen LogP contribution in [0.2, 0.25) is 0 Å². The summed E-state index contributed by atoms with van der Waals surface area (Å²) in [5, 5.41) is 17.7. The van der Waals surface area contributed by atoms with Crippen LogP contribution in [0.4, 0.5) is 4.39 Å². The van der Waals surface area contributed by atoms with E-state index in [1.54, 1.807) is 13.0 Å². The van der Waals surface area contributed by atoms with Crippen LogP contribution >= 0.6 is 0 Å². The summed E-state index contributed by atoms with van der Waals surface area (Å²) in [6.45, 7) is 1.87. The Kier molecular flexibility index (Phi) is 4.52. The molecule has 0 saturated carbocycles. The van der Waals surface area contributed by atoms with Crippen molar-refractivity contribution >= 4 is 0 Å². The van der Waals surface area contributed by atoms with E-state index in [2.05, 4.69) is 0 Å². The van der Waals surface area contributed by atoms with Gasteiger partial charge in [0.15, 0.2) is 11.6 Å². The number of halogens is 1. The zero-order valence-corrected chi connectivity index (χ0v) is 8.61. The van der Waals surface area contributed by atoms with Gasteiger partial charge in [-0.15, -0.1) is 0 Å². The molecule has 1 atom stereocenters. The fourth-order valence-electron chi connectivity index (χ4n) is 1.14. The fraction of sp³-hybridized carbons (Fsp3) is 0.455. The minimum absolute atomic E-state index is 0.0212. The van der Waals surface area contributed by atoms with Gasteiger partial charge in [0, 0.05) is 13.0 Å². The van der Waals surface area contributed by atoms with E-state index in [4.69, 9.17) is 9.84 Å². The molecule has 0 amide bonds. The number of aliphatic hydroxyl groups is 2. The zero-order chi connectivity index (χ0) is 11.3. The molecule has 0 saturated heterocycles. The van der Waals surface area contributed by atoms with Crippen molar-refractivity contribution in [3.8, 4) is 5.75 Å². The smallest absolute Gasteiger partial charge is 0.165 e. The summed E-state index contributed by atoms with van der Waals surface area (Å²) >= 11 is 0. The maximum atomic E-state index is 13.3. The molecule has 0 bridgehead atoms. The number of ether oxygens (including phenoxy) is 1. The van der Waals surface area contributed by atoms with Gasteiger partial charge in [-0.2, -0.15) is 0 Å². The average Bonchev–Trinajstić information content (AvgIpc) is 2.20. The number of benzene rings is 1. The second-order valence-electron chi connectivity index (χ2n) is 3.29. The van der Waals surface area contributed by atoms with Crippen molar-refractivity contribution in [2.75, 3.05) is 13.2 Å². The third-order valence-corrected chi connectivity index (χ3v) is 2.00. The molecule has 0 aliphatic carbocycles. The molecular formula is C11H15FO3. The maximum absolute atomic E-state index is 13.3. The van der Waals surface area contributed by atoms with Gasteiger partial charge in [-0.05, 0) is 24.6 Å². The molecule has 0 spiro atoms. The number of rotatable bonds is 5. The lowest BCUT2D eigenvalue weighted by Crippen LogP contribution is -2.02. The van der Waals surface area contributed by atoms with E-state index in [9.17, 15) is 9.50 Å². The highest BCUT2D eigenvalue weighted by Gasteiger charge is 2.07. The molecule has 4 heteroatoms. The van der Waals surface area contributed by atoms with Crippen LogP contribution in [0.3, 0.4) is 0 Å². The predicted molar refractivity (Wildman–Crippen MR) is 54.2 cm³/mol. The highest BCUT2D eigenvalue weighted by Crippen LogP contribution is 2.21. The second-order valence-corrected chi connectivity index (χ2v) is 3.29. The van der Waals surface area contributed by atoms with E-state index in [1.165, 1.54) is 12.1 Å². The summed E-state index contributed by atoms with van der Waals surface area (Å²) in [4.78, 5) is 0. The zero-order valence-electron chi connectivity index (χ0n) is 8.61. The lowest BCUT2D eigenvalue weighted by molar-refractivity contribution is 0.198. The van der Waals surface area contributed by atoms with Gasteiger partial charge in [0.1, 0.15) is 0 Å². The van der Waals surface area contributed by atoms with Gasteiger partial charge in [-0.3, -0.25) is 0 Å². The van der Waals surface area contributed by atoms with Gasteiger partial charge in [0.05, 0.1) is 12.7 Å². The molecule has 15 heavy (non-hydrogen) atoms. The van der Waals surface area contributed by atoms with Gasteiger partial charge < -0.3 is 14.9 Å². The molecule has 2 N–H and O–H groups in total. The Balaban J connectivity index is 2.66. The number of hydrogen-bond acceptors (Lipinski definition) is 3. The average molecular weight is 214 g/mol. The van der Waals surface area contributed by atoms with Crippen LogP contribution in [-0.4, -0.2) is 23.4 Å². The van der Waals surface area contributed by atoms with E-state index < -0.39 is 11.9 Å². The third kappa shape index (κ3) is 3.49. The highest BCUT2D eigenvalue weighted by molar-refractivity contribution is 5.30. The molecule has 84 valence electrons. The van der Waals surface area contributed by atoms with Crippen LogP contribution in [0.15, 0.2) is 18.2 Å². The summed E-state index contributed by atoms with van der Waals surface area (Å²) < 4.78 is 18.4. The molecular weight excluding hydrogens is 199 g/mol. The van der Waals surface area contributed by atoms with Gasteiger partial charge in [-0.1, -0.05) is 6.07 Å². The van der Waals surface area contributed by atoms with Crippen LogP contribution in [0.5, 0.6) is 5.75 Å². The quantitative estimate of drug-likeness (QED) is 0.732. The lowest BCUT2D eigenvalue weighted by Gasteiger charge is -2.09. The molecule has 0 heterocycles. The van der Waals surface area contributed by atoms with E-state index in [0.29, 0.717) is 12.0 Å². The Morgan fingerprint density at radius 1 is 1.47 bits per heavy atom. The van der Waals surface area contributed by atoms with Crippen molar-refractivity contribution in [2.45, 2.75) is 19.4 Å². The second kappa shape index (κ2) is 5.68. The van der Waals surface area contributed by atoms with Crippen LogP contribution in [0.1, 0.15) is 25.0 Å². The first-order valence-electron chi connectivity index (χ1n) is 4.86. The summed E-state index contributed by atoms with van der Waals surface area (Å²) in [5.74, 6) is -0.348. The van der Waals surface area contributed by atoms with E-state index >= 15 is 0 Å². The van der Waals surface area contributed by atoms with E-state index in [1.807, 2.05) is 0 Å². The topological polar surface area (TPSA) is 49.7 Å². The van der Waals surface area contributed by atoms with Gasteiger partial charge >= 0.3 is 0 Å². The Morgan fingerprint density at radius 3 is 2.73 bits per heavy atom. The number of aliphatic hydroxyl groups excluding tert-OH is 2. The molecule has 0 aromatic heterocycles. The van der Waals surface area contributed by atoms with E-state index in [-0.39, 0.29) is 19.0 Å². The SMILES string of the molecule is C[C@H](O)c1ccc(OCCCO)c(F)c1. The molecule has 0 fully saturated rings. The standard InChI is InChI=1S/C11H15FO3/c1-8(14)9-3-4-11(10(12)7-9)15-6-2-5-13/h3-4,7-8,13-14H,2,5-6H2,1H3/t8-/m0/s1. The molecule has 0 unspecified atom stereocenters. The monoisotopic (exact) mass is 214 g/mol. The summed E-state index contributed by atoms with van der Waals surface area (Å²) in [6, 6.07) is 4.34. The Bertz CT molecular complexity index is 313. The van der Waals surface area contributed by atoms with Crippen LogP contribution in [-0.2, 0) is 0 Å². The predicted octanol–water partition coefficient (Wildman–Crippen LogP) is 1.64. The van der Waals surface area contributed by atoms with Crippen molar-refractivity contribution in [1.82, 2.24) is 0 Å². The number of hydrogen-bond donors (Lipinski definition) is 2. The first-order valence-corrected chi connectivity index (χ1v) is 4.86. The minimum atomic E-state index is -0.689. The maximum Gasteiger partial charge on any atom is 0.165 e. The normalized spacial score (nSPS) is 12.5. The highest BCUT2D eigenvalue weighted by atomic mass is 19.1. The Hall–Kier alpha value is -1.13. The fourth-order valence-corrected chi connectivity index (χ4v) is 1.14. The van der Waals surface area contributed by atoms with Gasteiger partial charge in [0.25, 0.3) is 0 Å². The molecule has 1 aromatic carbocycles. The molecule has 0 aliphatic rings.